The molecule has 1 amide bonds. The Hall–Kier alpha value is -2.14. The fourth-order valence-electron chi connectivity index (χ4n) is 2.40. The highest BCUT2D eigenvalue weighted by Crippen LogP contribution is 2.15. The molecule has 1 heterocycles. The summed E-state index contributed by atoms with van der Waals surface area (Å²) < 4.78 is 1.78. The molecule has 0 spiro atoms. The second-order valence-electron chi connectivity index (χ2n) is 5.16. The number of carbonyl (C=O) groups is 1. The van der Waals surface area contributed by atoms with Crippen LogP contribution < -0.4 is 5.32 Å². The Morgan fingerprint density at radius 1 is 1.33 bits per heavy atom. The molecule has 2 rings (SSSR count). The minimum absolute atomic E-state index is 0.114. The molecule has 112 valence electrons. The van der Waals surface area contributed by atoms with E-state index in [1.807, 2.05) is 51.2 Å². The van der Waals surface area contributed by atoms with Gasteiger partial charge in [0.2, 0.25) is 5.91 Å². The van der Waals surface area contributed by atoms with E-state index in [1.54, 1.807) is 4.68 Å². The first-order chi connectivity index (χ1) is 10.0. The number of rotatable bonds is 5. The lowest BCUT2D eigenvalue weighted by Gasteiger charge is -2.16. The SMILES string of the molecule is Cc1nn(C)c(C)c1CC(=O)N[C@H](CO)c1ccccc1. The number of nitrogens with one attached hydrogen (secondary N) is 1. The molecule has 0 radical (unpaired) electrons. The Morgan fingerprint density at radius 2 is 2.00 bits per heavy atom. The molecule has 0 unspecified atom stereocenters. The van der Waals surface area contributed by atoms with Crippen LogP contribution in [0.3, 0.4) is 0 Å². The molecule has 5 heteroatoms. The smallest absolute Gasteiger partial charge is 0.225 e. The fourth-order valence-corrected chi connectivity index (χ4v) is 2.40. The Kier molecular flexibility index (Phi) is 4.75. The van der Waals surface area contributed by atoms with Crippen LogP contribution in [0.5, 0.6) is 0 Å². The zero-order valence-corrected chi connectivity index (χ0v) is 12.6. The maximum Gasteiger partial charge on any atom is 0.225 e. The molecule has 21 heavy (non-hydrogen) atoms. The van der Waals surface area contributed by atoms with Gasteiger partial charge in [-0.2, -0.15) is 5.10 Å². The molecular weight excluding hydrogens is 266 g/mol. The number of hydrogen-bond acceptors (Lipinski definition) is 3. The van der Waals surface area contributed by atoms with Gasteiger partial charge in [-0.3, -0.25) is 9.48 Å². The van der Waals surface area contributed by atoms with E-state index >= 15 is 0 Å². The highest BCUT2D eigenvalue weighted by molar-refractivity contribution is 5.79. The van der Waals surface area contributed by atoms with E-state index in [-0.39, 0.29) is 25.0 Å². The summed E-state index contributed by atoms with van der Waals surface area (Å²) >= 11 is 0. The summed E-state index contributed by atoms with van der Waals surface area (Å²) in [6.07, 6.45) is 0.273. The number of nitrogens with zero attached hydrogens (tertiary/aromatic N) is 2. The van der Waals surface area contributed by atoms with Crippen molar-refractivity contribution in [3.8, 4) is 0 Å². The predicted molar refractivity (Wildman–Crippen MR) is 80.8 cm³/mol. The Labute approximate surface area is 124 Å². The first-order valence-corrected chi connectivity index (χ1v) is 6.97. The van der Waals surface area contributed by atoms with E-state index in [2.05, 4.69) is 10.4 Å². The number of aliphatic hydroxyl groups is 1. The van der Waals surface area contributed by atoms with Crippen molar-refractivity contribution in [2.24, 2.45) is 7.05 Å². The molecule has 0 saturated heterocycles. The highest BCUT2D eigenvalue weighted by Gasteiger charge is 2.17. The third kappa shape index (κ3) is 3.49. The zero-order valence-electron chi connectivity index (χ0n) is 12.6. The van der Waals surface area contributed by atoms with Crippen molar-refractivity contribution in [1.82, 2.24) is 15.1 Å². The number of carbonyl (C=O) groups excluding carboxylic acids is 1. The van der Waals surface area contributed by atoms with Crippen LogP contribution in [-0.2, 0) is 18.3 Å². The second kappa shape index (κ2) is 6.54. The van der Waals surface area contributed by atoms with Crippen LogP contribution in [-0.4, -0.2) is 27.4 Å². The van der Waals surface area contributed by atoms with Gasteiger partial charge in [0.15, 0.2) is 0 Å². The highest BCUT2D eigenvalue weighted by atomic mass is 16.3. The van der Waals surface area contributed by atoms with Crippen molar-refractivity contribution >= 4 is 5.91 Å². The van der Waals surface area contributed by atoms with Crippen LogP contribution in [0.15, 0.2) is 30.3 Å². The molecule has 5 nitrogen and oxygen atoms in total. The Balaban J connectivity index is 2.07. The van der Waals surface area contributed by atoms with Gasteiger partial charge >= 0.3 is 0 Å². The van der Waals surface area contributed by atoms with Gasteiger partial charge in [-0.15, -0.1) is 0 Å². The average molecular weight is 287 g/mol. The number of aromatic nitrogens is 2. The van der Waals surface area contributed by atoms with Crippen LogP contribution in [0.1, 0.15) is 28.6 Å². The van der Waals surface area contributed by atoms with Gasteiger partial charge in [0.25, 0.3) is 0 Å². The fraction of sp³-hybridized carbons (Fsp3) is 0.375. The van der Waals surface area contributed by atoms with Crippen LogP contribution in [0.4, 0.5) is 0 Å². The van der Waals surface area contributed by atoms with E-state index in [4.69, 9.17) is 0 Å². The molecule has 0 fully saturated rings. The molecule has 0 saturated carbocycles. The average Bonchev–Trinajstić information content (AvgIpc) is 2.72. The normalized spacial score (nSPS) is 12.2. The maximum absolute atomic E-state index is 12.2. The van der Waals surface area contributed by atoms with Gasteiger partial charge in [0, 0.05) is 18.3 Å². The van der Waals surface area contributed by atoms with Crippen molar-refractivity contribution < 1.29 is 9.90 Å². The van der Waals surface area contributed by atoms with Crippen LogP contribution in [0.2, 0.25) is 0 Å². The molecule has 0 aliphatic rings. The lowest BCUT2D eigenvalue weighted by atomic mass is 10.1. The van der Waals surface area contributed by atoms with Gasteiger partial charge in [0.05, 0.1) is 24.8 Å². The van der Waals surface area contributed by atoms with Crippen molar-refractivity contribution in [2.45, 2.75) is 26.3 Å². The van der Waals surface area contributed by atoms with Crippen molar-refractivity contribution in [2.75, 3.05) is 6.61 Å². The zero-order chi connectivity index (χ0) is 15.4. The Morgan fingerprint density at radius 3 is 2.52 bits per heavy atom. The standard InChI is InChI=1S/C16H21N3O2/c1-11-14(12(2)19(3)18-11)9-16(21)17-15(10-20)13-7-5-4-6-8-13/h4-8,15,20H,9-10H2,1-3H3,(H,17,21)/t15-/m1/s1. The summed E-state index contributed by atoms with van der Waals surface area (Å²) in [4.78, 5) is 12.2. The molecule has 1 aromatic carbocycles. The number of aliphatic hydroxyl groups excluding tert-OH is 1. The summed E-state index contributed by atoms with van der Waals surface area (Å²) in [5, 5.41) is 16.7. The Bertz CT molecular complexity index is 620. The van der Waals surface area contributed by atoms with Gasteiger partial charge < -0.3 is 10.4 Å². The third-order valence-corrected chi connectivity index (χ3v) is 3.72. The van der Waals surface area contributed by atoms with Crippen LogP contribution in [0.25, 0.3) is 0 Å². The van der Waals surface area contributed by atoms with Gasteiger partial charge in [-0.25, -0.2) is 0 Å². The van der Waals surface area contributed by atoms with Gasteiger partial charge in [-0.1, -0.05) is 30.3 Å². The number of hydrogen-bond donors (Lipinski definition) is 2. The monoisotopic (exact) mass is 287 g/mol. The first kappa shape index (κ1) is 15.3. The molecule has 2 aromatic rings. The third-order valence-electron chi connectivity index (χ3n) is 3.72. The summed E-state index contributed by atoms with van der Waals surface area (Å²) in [7, 11) is 1.87. The molecule has 2 N–H and O–H groups in total. The summed E-state index contributed by atoms with van der Waals surface area (Å²) in [6, 6.07) is 9.08. The topological polar surface area (TPSA) is 67.2 Å². The van der Waals surface area contributed by atoms with E-state index in [9.17, 15) is 9.90 Å². The maximum atomic E-state index is 12.2. The number of benzene rings is 1. The van der Waals surface area contributed by atoms with E-state index in [1.165, 1.54) is 0 Å². The lowest BCUT2D eigenvalue weighted by Crippen LogP contribution is -2.32. The van der Waals surface area contributed by atoms with Crippen molar-refractivity contribution in [3.05, 3.63) is 52.8 Å². The van der Waals surface area contributed by atoms with Gasteiger partial charge in [-0.05, 0) is 19.4 Å². The lowest BCUT2D eigenvalue weighted by molar-refractivity contribution is -0.121. The minimum Gasteiger partial charge on any atom is -0.394 e. The van der Waals surface area contributed by atoms with Crippen molar-refractivity contribution in [3.63, 3.8) is 0 Å². The molecule has 0 aliphatic heterocycles. The molecule has 0 aliphatic carbocycles. The first-order valence-electron chi connectivity index (χ1n) is 6.97. The quantitative estimate of drug-likeness (QED) is 0.874. The molecule has 0 bridgehead atoms. The second-order valence-corrected chi connectivity index (χ2v) is 5.16. The number of amides is 1. The van der Waals surface area contributed by atoms with Crippen LogP contribution >= 0.6 is 0 Å². The summed E-state index contributed by atoms with van der Waals surface area (Å²) in [6.45, 7) is 3.72. The van der Waals surface area contributed by atoms with E-state index < -0.39 is 0 Å². The molecular formula is C16H21N3O2. The predicted octanol–water partition coefficient (Wildman–Crippen LogP) is 1.43. The molecule has 1 aromatic heterocycles. The molecule has 1 atom stereocenters. The minimum atomic E-state index is -0.379. The van der Waals surface area contributed by atoms with Crippen LogP contribution in [0, 0.1) is 13.8 Å². The summed E-state index contributed by atoms with van der Waals surface area (Å²) in [5.41, 5.74) is 3.70. The summed E-state index contributed by atoms with van der Waals surface area (Å²) in [5.74, 6) is -0.114. The van der Waals surface area contributed by atoms with E-state index in [0.29, 0.717) is 0 Å². The number of aryl methyl sites for hydroxylation is 2. The van der Waals surface area contributed by atoms with Gasteiger partial charge in [0.1, 0.15) is 0 Å². The largest absolute Gasteiger partial charge is 0.394 e. The van der Waals surface area contributed by atoms with E-state index in [0.717, 1.165) is 22.5 Å². The van der Waals surface area contributed by atoms with Crippen molar-refractivity contribution in [1.29, 1.82) is 0 Å².